The quantitative estimate of drug-likeness (QED) is 0.497. The molecule has 1 heterocycles. The molecule has 146 valence electrons. The zero-order chi connectivity index (χ0) is 20.1. The van der Waals surface area contributed by atoms with E-state index < -0.39 is 29.2 Å². The topological polar surface area (TPSA) is 29.3 Å². The average molecular weight is 445 g/mol. The Kier molecular flexibility index (Phi) is 5.29. The SMILES string of the molecule is C[C@@H]1Cc2c(ccc(N)c2F)[C@@H](c2c(F)cc(Br)cc2F)N1CC(C)(C)F. The van der Waals surface area contributed by atoms with E-state index in [2.05, 4.69) is 15.9 Å². The number of fused-ring (bicyclic) bond motifs is 1. The van der Waals surface area contributed by atoms with Gasteiger partial charge in [0.1, 0.15) is 23.1 Å². The second-order valence-corrected chi connectivity index (χ2v) is 8.58. The van der Waals surface area contributed by atoms with Crippen LogP contribution in [-0.2, 0) is 6.42 Å². The standard InChI is InChI=1S/C20H21BrF4N2/c1-10-6-13-12(4-5-16(26)18(13)24)19(27(10)9-20(2,3)25)17-14(22)7-11(21)8-15(17)23/h4-5,7-8,10,19H,6,9,26H2,1-3H3/t10-,19+/m1/s1. The second kappa shape index (κ2) is 7.09. The Morgan fingerprint density at radius 3 is 2.33 bits per heavy atom. The van der Waals surface area contributed by atoms with Crippen molar-refractivity contribution in [2.75, 3.05) is 12.3 Å². The van der Waals surface area contributed by atoms with Gasteiger partial charge in [0.15, 0.2) is 0 Å². The van der Waals surface area contributed by atoms with Crippen LogP contribution in [0.4, 0.5) is 23.2 Å². The van der Waals surface area contributed by atoms with Crippen molar-refractivity contribution < 1.29 is 17.6 Å². The van der Waals surface area contributed by atoms with Crippen LogP contribution in [0.15, 0.2) is 28.7 Å². The first kappa shape index (κ1) is 20.1. The number of nitrogens with two attached hydrogens (primary N) is 1. The van der Waals surface area contributed by atoms with Crippen LogP contribution in [0.1, 0.15) is 43.5 Å². The molecule has 27 heavy (non-hydrogen) atoms. The fraction of sp³-hybridized carbons (Fsp3) is 0.400. The maximum atomic E-state index is 14.8. The maximum absolute atomic E-state index is 14.8. The predicted octanol–water partition coefficient (Wildman–Crippen LogP) is 5.53. The molecule has 1 aliphatic rings. The number of nitrogen functional groups attached to an aromatic ring is 1. The van der Waals surface area contributed by atoms with Crippen LogP contribution >= 0.6 is 15.9 Å². The van der Waals surface area contributed by atoms with Crippen LogP contribution < -0.4 is 5.73 Å². The van der Waals surface area contributed by atoms with Gasteiger partial charge in [-0.1, -0.05) is 22.0 Å². The van der Waals surface area contributed by atoms with E-state index in [4.69, 9.17) is 5.73 Å². The summed E-state index contributed by atoms with van der Waals surface area (Å²) in [5.41, 5.74) is 4.58. The van der Waals surface area contributed by atoms with Gasteiger partial charge in [0.25, 0.3) is 0 Å². The molecule has 0 fully saturated rings. The van der Waals surface area contributed by atoms with Gasteiger partial charge in [-0.2, -0.15) is 0 Å². The van der Waals surface area contributed by atoms with Crippen molar-refractivity contribution in [2.45, 2.75) is 44.9 Å². The number of halogens is 5. The molecule has 0 bridgehead atoms. The molecule has 0 amide bonds. The number of nitrogens with zero attached hydrogens (tertiary/aromatic N) is 1. The van der Waals surface area contributed by atoms with Gasteiger partial charge < -0.3 is 5.73 Å². The Hall–Kier alpha value is -1.60. The first-order valence-electron chi connectivity index (χ1n) is 8.65. The number of rotatable bonds is 3. The highest BCUT2D eigenvalue weighted by Gasteiger charge is 2.40. The van der Waals surface area contributed by atoms with Crippen molar-refractivity contribution in [3.05, 3.63) is 62.9 Å². The fourth-order valence-electron chi connectivity index (χ4n) is 3.78. The Balaban J connectivity index is 2.27. The molecule has 0 radical (unpaired) electrons. The molecule has 0 aliphatic carbocycles. The van der Waals surface area contributed by atoms with Crippen molar-refractivity contribution >= 4 is 21.6 Å². The lowest BCUT2D eigenvalue weighted by Crippen LogP contribution is -2.48. The third-order valence-corrected chi connectivity index (χ3v) is 5.33. The van der Waals surface area contributed by atoms with E-state index in [0.29, 0.717) is 11.1 Å². The molecule has 2 aromatic carbocycles. The van der Waals surface area contributed by atoms with E-state index in [1.165, 1.54) is 19.9 Å². The largest absolute Gasteiger partial charge is 0.396 e. The number of benzene rings is 2. The van der Waals surface area contributed by atoms with Gasteiger partial charge in [0, 0.05) is 22.6 Å². The van der Waals surface area contributed by atoms with E-state index in [0.717, 1.165) is 12.1 Å². The summed E-state index contributed by atoms with van der Waals surface area (Å²) in [6.45, 7) is 4.55. The van der Waals surface area contributed by atoms with Gasteiger partial charge in [0.2, 0.25) is 0 Å². The number of hydrogen-bond acceptors (Lipinski definition) is 2. The lowest BCUT2D eigenvalue weighted by Gasteiger charge is -2.44. The van der Waals surface area contributed by atoms with E-state index in [9.17, 15) is 17.6 Å². The Morgan fingerprint density at radius 1 is 1.19 bits per heavy atom. The van der Waals surface area contributed by atoms with E-state index >= 15 is 0 Å². The highest BCUT2D eigenvalue weighted by Crippen LogP contribution is 2.43. The number of alkyl halides is 1. The Bertz CT molecular complexity index is 856. The summed E-state index contributed by atoms with van der Waals surface area (Å²) < 4.78 is 59.0. The van der Waals surface area contributed by atoms with Gasteiger partial charge in [0.05, 0.1) is 11.7 Å². The number of anilines is 1. The molecular weight excluding hydrogens is 424 g/mol. The third-order valence-electron chi connectivity index (χ3n) is 4.88. The van der Waals surface area contributed by atoms with E-state index in [-0.39, 0.29) is 34.7 Å². The lowest BCUT2D eigenvalue weighted by molar-refractivity contribution is 0.0645. The molecule has 0 saturated carbocycles. The van der Waals surface area contributed by atoms with Gasteiger partial charge in [-0.05, 0) is 56.5 Å². The minimum Gasteiger partial charge on any atom is -0.396 e. The van der Waals surface area contributed by atoms with Crippen molar-refractivity contribution in [3.8, 4) is 0 Å². The van der Waals surface area contributed by atoms with E-state index in [1.54, 1.807) is 17.9 Å². The predicted molar refractivity (Wildman–Crippen MR) is 102 cm³/mol. The van der Waals surface area contributed by atoms with Crippen LogP contribution in [0.3, 0.4) is 0 Å². The summed E-state index contributed by atoms with van der Waals surface area (Å²) in [7, 11) is 0. The third kappa shape index (κ3) is 3.85. The van der Waals surface area contributed by atoms with Gasteiger partial charge in [-0.15, -0.1) is 0 Å². The van der Waals surface area contributed by atoms with Gasteiger partial charge >= 0.3 is 0 Å². The minimum atomic E-state index is -1.60. The van der Waals surface area contributed by atoms with Gasteiger partial charge in [-0.3, -0.25) is 4.90 Å². The molecule has 0 spiro atoms. The molecule has 3 rings (SSSR count). The Morgan fingerprint density at radius 2 is 1.78 bits per heavy atom. The van der Waals surface area contributed by atoms with Crippen LogP contribution in [-0.4, -0.2) is 23.2 Å². The molecule has 2 N–H and O–H groups in total. The van der Waals surface area contributed by atoms with Crippen LogP contribution in [0.2, 0.25) is 0 Å². The van der Waals surface area contributed by atoms with Crippen LogP contribution in [0, 0.1) is 17.5 Å². The second-order valence-electron chi connectivity index (χ2n) is 7.67. The molecule has 0 unspecified atom stereocenters. The average Bonchev–Trinajstić information content (AvgIpc) is 2.52. The molecule has 0 saturated heterocycles. The zero-order valence-electron chi connectivity index (χ0n) is 15.3. The van der Waals surface area contributed by atoms with Crippen molar-refractivity contribution in [1.29, 1.82) is 0 Å². The Labute approximate surface area is 164 Å². The molecule has 0 aromatic heterocycles. The summed E-state index contributed by atoms with van der Waals surface area (Å²) in [5, 5.41) is 0. The normalized spacial score (nSPS) is 20.6. The molecule has 2 atom stereocenters. The van der Waals surface area contributed by atoms with Gasteiger partial charge in [-0.25, -0.2) is 17.6 Å². The molecule has 7 heteroatoms. The lowest BCUT2D eigenvalue weighted by atomic mass is 9.83. The minimum absolute atomic E-state index is 0.0179. The van der Waals surface area contributed by atoms with Crippen molar-refractivity contribution in [3.63, 3.8) is 0 Å². The van der Waals surface area contributed by atoms with Crippen molar-refractivity contribution in [2.24, 2.45) is 0 Å². The highest BCUT2D eigenvalue weighted by molar-refractivity contribution is 9.10. The summed E-state index contributed by atoms with van der Waals surface area (Å²) in [4.78, 5) is 1.69. The summed E-state index contributed by atoms with van der Waals surface area (Å²) in [5.74, 6) is -2.13. The maximum Gasteiger partial charge on any atom is 0.149 e. The first-order valence-corrected chi connectivity index (χ1v) is 9.44. The number of hydrogen-bond donors (Lipinski definition) is 1. The molecule has 2 nitrogen and oxygen atoms in total. The van der Waals surface area contributed by atoms with Crippen molar-refractivity contribution in [1.82, 2.24) is 4.90 Å². The fourth-order valence-corrected chi connectivity index (χ4v) is 4.18. The van der Waals surface area contributed by atoms with Crippen LogP contribution in [0.25, 0.3) is 0 Å². The van der Waals surface area contributed by atoms with E-state index in [1.807, 2.05) is 0 Å². The molecule has 2 aromatic rings. The molecular formula is C20H21BrF4N2. The summed E-state index contributed by atoms with van der Waals surface area (Å²) in [6, 6.07) is 3.97. The molecule has 1 aliphatic heterocycles. The smallest absolute Gasteiger partial charge is 0.149 e. The first-order chi connectivity index (χ1) is 12.5. The summed E-state index contributed by atoms with van der Waals surface area (Å²) >= 11 is 3.07. The summed E-state index contributed by atoms with van der Waals surface area (Å²) in [6.07, 6.45) is 0.276. The highest BCUT2D eigenvalue weighted by atomic mass is 79.9. The van der Waals surface area contributed by atoms with Crippen LogP contribution in [0.5, 0.6) is 0 Å². The monoisotopic (exact) mass is 444 g/mol. The zero-order valence-corrected chi connectivity index (χ0v) is 16.9.